The lowest BCUT2D eigenvalue weighted by Crippen LogP contribution is -2.50. The molecule has 0 aliphatic heterocycles. The lowest BCUT2D eigenvalue weighted by molar-refractivity contribution is -0.887. The summed E-state index contributed by atoms with van der Waals surface area (Å²) < 4.78 is 17.4. The van der Waals surface area contributed by atoms with Gasteiger partial charge in [0, 0.05) is 19.3 Å². The topological polar surface area (TPSA) is 99.1 Å². The van der Waals surface area contributed by atoms with E-state index >= 15 is 0 Å². The van der Waals surface area contributed by atoms with E-state index in [1.54, 1.807) is 0 Å². The summed E-state index contributed by atoms with van der Waals surface area (Å²) in [5.41, 5.74) is 0. The van der Waals surface area contributed by atoms with Crippen LogP contribution in [0.25, 0.3) is 0 Å². The minimum Gasteiger partial charge on any atom is -0.477 e. The quantitative estimate of drug-likeness (QED) is 0.0281. The summed E-state index contributed by atoms with van der Waals surface area (Å²) in [7, 11) is 5.53. The number of hydrogen-bond acceptors (Lipinski definition) is 6. The molecule has 0 rings (SSSR count). The summed E-state index contributed by atoms with van der Waals surface area (Å²) in [5, 5.41) is 9.65. The number of rotatable bonds is 46. The van der Waals surface area contributed by atoms with Gasteiger partial charge in [-0.3, -0.25) is 9.59 Å². The number of ether oxygens (including phenoxy) is 3. The average Bonchev–Trinajstić information content (AvgIpc) is 3.24. The van der Waals surface area contributed by atoms with Crippen LogP contribution in [0.15, 0.2) is 60.8 Å². The van der Waals surface area contributed by atoms with Gasteiger partial charge < -0.3 is 23.8 Å². The monoisotopic (exact) mass is 885 g/mol. The molecule has 0 radical (unpaired) electrons. The summed E-state index contributed by atoms with van der Waals surface area (Å²) in [6.45, 7) is 4.63. The number of carboxylic acid groups (broad SMARTS) is 1. The summed E-state index contributed by atoms with van der Waals surface area (Å²) >= 11 is 0. The first-order valence-electron chi connectivity index (χ1n) is 25.8. The Kier molecular flexibility index (Phi) is 43.4. The number of hydrogen-bond donors (Lipinski definition) is 1. The van der Waals surface area contributed by atoms with Crippen molar-refractivity contribution < 1.29 is 38.2 Å². The first-order chi connectivity index (χ1) is 30.6. The smallest absolute Gasteiger partial charge is 0.362 e. The van der Waals surface area contributed by atoms with Crippen molar-refractivity contribution in [3.05, 3.63) is 60.8 Å². The van der Waals surface area contributed by atoms with Gasteiger partial charge in [0.2, 0.25) is 0 Å². The van der Waals surface area contributed by atoms with Crippen LogP contribution in [0, 0.1) is 0 Å². The number of nitrogens with zero attached hydrogens (tertiary/aromatic N) is 1. The molecule has 0 amide bonds. The van der Waals surface area contributed by atoms with Crippen molar-refractivity contribution in [3.8, 4) is 0 Å². The number of allylic oxidation sites excluding steroid dienone is 10. The molecule has 0 aliphatic rings. The van der Waals surface area contributed by atoms with Gasteiger partial charge in [-0.05, 0) is 57.8 Å². The second-order valence-electron chi connectivity index (χ2n) is 18.4. The molecule has 0 aromatic carbocycles. The second kappa shape index (κ2) is 45.6. The summed E-state index contributed by atoms with van der Waals surface area (Å²) in [6, 6.07) is -0.617. The molecule has 2 atom stereocenters. The number of unbranched alkanes of at least 4 members (excludes halogenated alkanes) is 22. The Balaban J connectivity index is 4.25. The third-order valence-electron chi connectivity index (χ3n) is 11.4. The third-order valence-corrected chi connectivity index (χ3v) is 11.4. The molecule has 0 spiro atoms. The fourth-order valence-corrected chi connectivity index (χ4v) is 7.47. The lowest BCUT2D eigenvalue weighted by atomic mass is 10.0. The molecule has 2 unspecified atom stereocenters. The fraction of sp³-hybridized carbons (Fsp3) is 0.764. The number of quaternary nitrogens is 1. The minimum atomic E-state index is -0.876. The number of carbonyl (C=O) groups excluding carboxylic acids is 2. The molecule has 0 saturated carbocycles. The van der Waals surface area contributed by atoms with Crippen LogP contribution in [-0.2, 0) is 28.6 Å². The van der Waals surface area contributed by atoms with Crippen LogP contribution in [0.4, 0.5) is 0 Å². The fourth-order valence-electron chi connectivity index (χ4n) is 7.47. The van der Waals surface area contributed by atoms with Crippen LogP contribution >= 0.6 is 0 Å². The summed E-state index contributed by atoms with van der Waals surface area (Å²) in [6.07, 6.45) is 56.9. The number of aliphatic carboxylic acids is 1. The van der Waals surface area contributed by atoms with Crippen LogP contribution in [0.1, 0.15) is 219 Å². The van der Waals surface area contributed by atoms with E-state index in [2.05, 4.69) is 74.6 Å². The molecule has 0 saturated heterocycles. The highest BCUT2D eigenvalue weighted by Gasteiger charge is 2.31. The molecule has 364 valence electrons. The number of carbonyl (C=O) groups is 3. The van der Waals surface area contributed by atoms with Crippen molar-refractivity contribution in [2.75, 3.05) is 41.0 Å². The first-order valence-corrected chi connectivity index (χ1v) is 25.8. The van der Waals surface area contributed by atoms with Crippen molar-refractivity contribution >= 4 is 17.9 Å². The predicted octanol–water partition coefficient (Wildman–Crippen LogP) is 14.9. The molecule has 8 heteroatoms. The number of carboxylic acids is 1. The molecule has 0 aliphatic carbocycles. The molecule has 0 aromatic heterocycles. The third kappa shape index (κ3) is 44.0. The molecular weight excluding hydrogens is 787 g/mol. The normalized spacial score (nSPS) is 13.3. The van der Waals surface area contributed by atoms with Crippen molar-refractivity contribution in [2.24, 2.45) is 0 Å². The van der Waals surface area contributed by atoms with E-state index in [1.807, 2.05) is 21.1 Å². The Labute approximate surface area is 388 Å². The first kappa shape index (κ1) is 60.0. The summed E-state index contributed by atoms with van der Waals surface area (Å²) in [4.78, 5) is 37.2. The minimum absolute atomic E-state index is 0.0564. The maximum Gasteiger partial charge on any atom is 0.362 e. The van der Waals surface area contributed by atoms with Gasteiger partial charge in [-0.15, -0.1) is 0 Å². The standard InChI is InChI=1S/C55H97NO7/c1-6-8-10-12-14-16-18-20-22-24-25-26-27-28-29-30-32-33-35-37-39-41-43-45-53(57)62-50-51(49-61-48-47-52(55(59)60)56(3,4)5)63-54(58)46-44-42-40-38-36-34-31-23-21-19-17-15-13-11-9-7-2/h8,10,14,16,20,22,25-26,28-29,51-52H,6-7,9,11-13,15,17-19,21,23-24,27,30-50H2,1-5H3/p+1/b10-8+,16-14+,22-20+,26-25+,29-28+. The maximum atomic E-state index is 12.8. The molecule has 0 bridgehead atoms. The Morgan fingerprint density at radius 1 is 0.492 bits per heavy atom. The highest BCUT2D eigenvalue weighted by molar-refractivity contribution is 5.72. The van der Waals surface area contributed by atoms with Crippen LogP contribution in [0.5, 0.6) is 0 Å². The Morgan fingerprint density at radius 3 is 1.32 bits per heavy atom. The predicted molar refractivity (Wildman–Crippen MR) is 266 cm³/mol. The Hall–Kier alpha value is -2.97. The van der Waals surface area contributed by atoms with Crippen molar-refractivity contribution in [1.29, 1.82) is 0 Å². The summed E-state index contributed by atoms with van der Waals surface area (Å²) in [5.74, 6) is -1.47. The zero-order valence-corrected chi connectivity index (χ0v) is 41.5. The van der Waals surface area contributed by atoms with Crippen LogP contribution < -0.4 is 0 Å². The zero-order chi connectivity index (χ0) is 46.3. The van der Waals surface area contributed by atoms with Crippen LogP contribution in [0.3, 0.4) is 0 Å². The highest BCUT2D eigenvalue weighted by Crippen LogP contribution is 2.16. The van der Waals surface area contributed by atoms with Crippen molar-refractivity contribution in [1.82, 2.24) is 0 Å². The van der Waals surface area contributed by atoms with Gasteiger partial charge >= 0.3 is 17.9 Å². The average molecular weight is 885 g/mol. The van der Waals surface area contributed by atoms with Gasteiger partial charge in [0.25, 0.3) is 0 Å². The maximum absolute atomic E-state index is 12.8. The van der Waals surface area contributed by atoms with E-state index in [-0.39, 0.29) is 36.2 Å². The molecule has 8 nitrogen and oxygen atoms in total. The Bertz CT molecular complexity index is 1210. The van der Waals surface area contributed by atoms with Gasteiger partial charge in [-0.1, -0.05) is 203 Å². The second-order valence-corrected chi connectivity index (χ2v) is 18.4. The van der Waals surface area contributed by atoms with Gasteiger partial charge in [0.15, 0.2) is 12.1 Å². The Morgan fingerprint density at radius 2 is 0.889 bits per heavy atom. The van der Waals surface area contributed by atoms with Gasteiger partial charge in [0.1, 0.15) is 6.61 Å². The van der Waals surface area contributed by atoms with Crippen molar-refractivity contribution in [2.45, 2.75) is 231 Å². The van der Waals surface area contributed by atoms with E-state index in [4.69, 9.17) is 14.2 Å². The molecule has 0 fully saturated rings. The van der Waals surface area contributed by atoms with Crippen LogP contribution in [-0.4, -0.2) is 80.6 Å². The van der Waals surface area contributed by atoms with E-state index in [9.17, 15) is 19.5 Å². The van der Waals surface area contributed by atoms with E-state index in [0.717, 1.165) is 77.0 Å². The number of likely N-dealkylation sites (N-methyl/N-ethyl adjacent to an activating group) is 1. The van der Waals surface area contributed by atoms with Crippen LogP contribution in [0.2, 0.25) is 0 Å². The largest absolute Gasteiger partial charge is 0.477 e. The van der Waals surface area contributed by atoms with Gasteiger partial charge in [-0.25, -0.2) is 4.79 Å². The molecular formula is C55H98NO7+. The highest BCUT2D eigenvalue weighted by atomic mass is 16.6. The van der Waals surface area contributed by atoms with E-state index < -0.39 is 18.1 Å². The van der Waals surface area contributed by atoms with Gasteiger partial charge in [0.05, 0.1) is 34.4 Å². The van der Waals surface area contributed by atoms with E-state index in [1.165, 1.54) is 109 Å². The van der Waals surface area contributed by atoms with E-state index in [0.29, 0.717) is 19.3 Å². The van der Waals surface area contributed by atoms with Gasteiger partial charge in [-0.2, -0.15) is 0 Å². The van der Waals surface area contributed by atoms with Crippen molar-refractivity contribution in [3.63, 3.8) is 0 Å². The molecule has 63 heavy (non-hydrogen) atoms. The molecule has 1 N–H and O–H groups in total. The molecule has 0 heterocycles. The SMILES string of the molecule is CC/C=C/C/C=C/C/C=C/C/C=C/C/C=C/CCCCCCCCCC(=O)OCC(COCCC(C(=O)O)[N+](C)(C)C)OC(=O)CCCCCCCCCCCCCCCCCC. The number of esters is 2. The zero-order valence-electron chi connectivity index (χ0n) is 41.5. The lowest BCUT2D eigenvalue weighted by Gasteiger charge is -2.31. The molecule has 0 aromatic rings.